The van der Waals surface area contributed by atoms with Crippen molar-refractivity contribution in [3.63, 3.8) is 0 Å². The zero-order valence-electron chi connectivity index (χ0n) is 19.7. The number of carbonyl (C=O) groups excluding carboxylic acids is 1. The summed E-state index contributed by atoms with van der Waals surface area (Å²) in [5, 5.41) is 10.2. The lowest BCUT2D eigenvalue weighted by atomic mass is 9.46. The van der Waals surface area contributed by atoms with Crippen molar-refractivity contribution < 1.29 is 19.4 Å². The number of ether oxygens (including phenoxy) is 2. The van der Waals surface area contributed by atoms with Crippen molar-refractivity contribution in [1.82, 2.24) is 0 Å². The Bertz CT molecular complexity index is 810. The van der Waals surface area contributed by atoms with E-state index in [-0.39, 0.29) is 34.9 Å². The fraction of sp³-hybridized carbons (Fsp3) is 0.889. The summed E-state index contributed by atoms with van der Waals surface area (Å²) in [5.41, 5.74) is 1.24. The zero-order chi connectivity index (χ0) is 21.8. The monoisotopic (exact) mass is 428 g/mol. The maximum atomic E-state index is 14.0. The first-order chi connectivity index (χ1) is 14.7. The average Bonchev–Trinajstić information content (AvgIpc) is 3.18. The summed E-state index contributed by atoms with van der Waals surface area (Å²) < 4.78 is 13.2. The molecular formula is C27H40O4. The number of aliphatic hydroxyl groups is 1. The zero-order valence-corrected chi connectivity index (χ0v) is 19.7. The van der Waals surface area contributed by atoms with E-state index in [4.69, 9.17) is 9.47 Å². The van der Waals surface area contributed by atoms with Gasteiger partial charge in [-0.1, -0.05) is 39.3 Å². The van der Waals surface area contributed by atoms with Gasteiger partial charge in [0.15, 0.2) is 5.79 Å². The van der Waals surface area contributed by atoms with E-state index in [2.05, 4.69) is 33.8 Å². The minimum absolute atomic E-state index is 0.0904. The third-order valence-corrected chi connectivity index (χ3v) is 11.2. The van der Waals surface area contributed by atoms with Gasteiger partial charge >= 0.3 is 0 Å². The third-order valence-electron chi connectivity index (χ3n) is 11.2. The molecule has 0 unspecified atom stereocenters. The average molecular weight is 429 g/mol. The first-order valence-electron chi connectivity index (χ1n) is 12.9. The number of ketones is 1. The van der Waals surface area contributed by atoms with Gasteiger partial charge in [-0.15, -0.1) is 0 Å². The largest absolute Gasteiger partial charge is 0.393 e. The second-order valence-corrected chi connectivity index (χ2v) is 12.5. The summed E-state index contributed by atoms with van der Waals surface area (Å²) in [6.07, 6.45) is 10.0. The Kier molecular flexibility index (Phi) is 4.49. The van der Waals surface area contributed by atoms with Crippen LogP contribution < -0.4 is 0 Å². The molecule has 4 nitrogen and oxygen atoms in total. The van der Waals surface area contributed by atoms with E-state index < -0.39 is 5.79 Å². The molecule has 1 spiro atoms. The minimum atomic E-state index is -0.460. The van der Waals surface area contributed by atoms with E-state index in [1.165, 1.54) is 5.57 Å². The lowest BCUT2D eigenvalue weighted by Crippen LogP contribution is -2.56. The maximum absolute atomic E-state index is 14.0. The molecule has 0 bridgehead atoms. The van der Waals surface area contributed by atoms with E-state index in [9.17, 15) is 9.90 Å². The predicted octanol–water partition coefficient (Wildman–Crippen LogP) is 4.89. The molecule has 11 atom stereocenters. The minimum Gasteiger partial charge on any atom is -0.393 e. The van der Waals surface area contributed by atoms with E-state index in [0.29, 0.717) is 35.9 Å². The van der Waals surface area contributed by atoms with Crippen molar-refractivity contribution in [2.75, 3.05) is 6.61 Å². The van der Waals surface area contributed by atoms with Crippen molar-refractivity contribution in [2.24, 2.45) is 46.3 Å². The van der Waals surface area contributed by atoms with Gasteiger partial charge in [-0.2, -0.15) is 0 Å². The Balaban J connectivity index is 1.32. The number of hydrogen-bond acceptors (Lipinski definition) is 4. The third kappa shape index (κ3) is 2.62. The summed E-state index contributed by atoms with van der Waals surface area (Å²) in [6, 6.07) is 0. The van der Waals surface area contributed by atoms with Crippen molar-refractivity contribution in [3.8, 4) is 0 Å². The van der Waals surface area contributed by atoms with Gasteiger partial charge in [0.1, 0.15) is 5.78 Å². The predicted molar refractivity (Wildman–Crippen MR) is 118 cm³/mol. The topological polar surface area (TPSA) is 55.8 Å². The van der Waals surface area contributed by atoms with Crippen LogP contribution in [0, 0.1) is 46.3 Å². The molecule has 0 aromatic heterocycles. The highest BCUT2D eigenvalue weighted by atomic mass is 16.7. The molecule has 4 heteroatoms. The molecule has 31 heavy (non-hydrogen) atoms. The Morgan fingerprint density at radius 1 is 1.10 bits per heavy atom. The standard InChI is InChI=1S/C27H40O4/c1-15-7-10-27(30-14-15)16(2)24-22(31-27)12-21-19-6-5-17-11-18(28)8-9-25(17,3)20(19)13-23(29)26(21,24)4/h5,15-16,18-22,24,28H,6-14H2,1-4H3/t15-,16-,18+,19-,20+,21+,22+,24+,25+,26-,27-/m1/s1. The molecule has 0 radical (unpaired) electrons. The first kappa shape index (κ1) is 20.9. The second-order valence-electron chi connectivity index (χ2n) is 12.5. The van der Waals surface area contributed by atoms with Crippen LogP contribution in [0.3, 0.4) is 0 Å². The summed E-state index contributed by atoms with van der Waals surface area (Å²) >= 11 is 0. The van der Waals surface area contributed by atoms with Crippen LogP contribution in [0.5, 0.6) is 0 Å². The fourth-order valence-corrected chi connectivity index (χ4v) is 9.34. The lowest BCUT2D eigenvalue weighted by molar-refractivity contribution is -0.272. The Labute approximate surface area is 187 Å². The van der Waals surface area contributed by atoms with Gasteiger partial charge in [0, 0.05) is 30.1 Å². The molecule has 2 saturated heterocycles. The molecule has 6 rings (SSSR count). The van der Waals surface area contributed by atoms with Crippen LogP contribution in [0.2, 0.25) is 0 Å². The van der Waals surface area contributed by atoms with Gasteiger partial charge < -0.3 is 14.6 Å². The molecule has 2 heterocycles. The Morgan fingerprint density at radius 3 is 2.65 bits per heavy atom. The Morgan fingerprint density at radius 2 is 1.90 bits per heavy atom. The SMILES string of the molecule is C[C@@H]1CC[C@@]2(OC1)O[C@H]1C[C@H]3[C@@H]4CC=C5C[C@@H](O)CC[C@]5(C)[C@H]4CC(=O)[C@]3(C)[C@H]1[C@H]2C. The smallest absolute Gasteiger partial charge is 0.171 e. The van der Waals surface area contributed by atoms with Crippen molar-refractivity contribution in [3.05, 3.63) is 11.6 Å². The van der Waals surface area contributed by atoms with E-state index in [1.54, 1.807) is 0 Å². The number of rotatable bonds is 0. The highest BCUT2D eigenvalue weighted by molar-refractivity contribution is 5.87. The number of hydrogen-bond donors (Lipinski definition) is 1. The van der Waals surface area contributed by atoms with Crippen LogP contribution >= 0.6 is 0 Å². The highest BCUT2D eigenvalue weighted by Gasteiger charge is 2.71. The van der Waals surface area contributed by atoms with Gasteiger partial charge in [0.2, 0.25) is 0 Å². The number of carbonyl (C=O) groups is 1. The molecule has 6 aliphatic rings. The molecule has 4 aliphatic carbocycles. The van der Waals surface area contributed by atoms with Gasteiger partial charge in [-0.25, -0.2) is 0 Å². The van der Waals surface area contributed by atoms with Crippen molar-refractivity contribution in [2.45, 2.75) is 97.1 Å². The molecule has 3 saturated carbocycles. The molecule has 2 aliphatic heterocycles. The first-order valence-corrected chi connectivity index (χ1v) is 12.9. The fourth-order valence-electron chi connectivity index (χ4n) is 9.34. The van der Waals surface area contributed by atoms with E-state index in [0.717, 1.165) is 51.6 Å². The van der Waals surface area contributed by atoms with Gasteiger partial charge in [0.25, 0.3) is 0 Å². The number of aliphatic hydroxyl groups excluding tert-OH is 1. The molecule has 1 N–H and O–H groups in total. The van der Waals surface area contributed by atoms with Crippen LogP contribution in [-0.4, -0.2) is 35.5 Å². The quantitative estimate of drug-likeness (QED) is 0.558. The van der Waals surface area contributed by atoms with Crippen molar-refractivity contribution in [1.29, 1.82) is 0 Å². The summed E-state index contributed by atoms with van der Waals surface area (Å²) in [7, 11) is 0. The molecule has 0 aromatic rings. The van der Waals surface area contributed by atoms with E-state index >= 15 is 0 Å². The van der Waals surface area contributed by atoms with Crippen LogP contribution in [0.1, 0.15) is 79.1 Å². The van der Waals surface area contributed by atoms with Crippen LogP contribution in [0.4, 0.5) is 0 Å². The van der Waals surface area contributed by atoms with Gasteiger partial charge in [-0.05, 0) is 67.6 Å². The molecule has 5 fully saturated rings. The number of fused-ring (bicyclic) bond motifs is 7. The van der Waals surface area contributed by atoms with Crippen LogP contribution in [-0.2, 0) is 14.3 Å². The van der Waals surface area contributed by atoms with Gasteiger partial charge in [0.05, 0.1) is 18.8 Å². The van der Waals surface area contributed by atoms with Crippen molar-refractivity contribution >= 4 is 5.78 Å². The second kappa shape index (κ2) is 6.67. The van der Waals surface area contributed by atoms with Crippen LogP contribution in [0.15, 0.2) is 11.6 Å². The normalized spacial score (nSPS) is 58.4. The van der Waals surface area contributed by atoms with E-state index in [1.807, 2.05) is 0 Å². The lowest BCUT2D eigenvalue weighted by Gasteiger charge is -2.57. The molecule has 172 valence electrons. The highest BCUT2D eigenvalue weighted by Crippen LogP contribution is 2.69. The molecule has 0 aromatic carbocycles. The summed E-state index contributed by atoms with van der Waals surface area (Å²) in [6.45, 7) is 10.0. The van der Waals surface area contributed by atoms with Crippen LogP contribution in [0.25, 0.3) is 0 Å². The summed E-state index contributed by atoms with van der Waals surface area (Å²) in [5.74, 6) is 2.59. The number of Topliss-reactive ketones (excluding diaryl/α,β-unsaturated/α-hetero) is 1. The summed E-state index contributed by atoms with van der Waals surface area (Å²) in [4.78, 5) is 14.0. The molecular weight excluding hydrogens is 388 g/mol. The number of allylic oxidation sites excluding steroid dienone is 1. The maximum Gasteiger partial charge on any atom is 0.171 e. The Hall–Kier alpha value is -0.710. The van der Waals surface area contributed by atoms with Gasteiger partial charge in [-0.3, -0.25) is 4.79 Å². The molecule has 0 amide bonds.